The van der Waals surface area contributed by atoms with Gasteiger partial charge in [-0.15, -0.1) is 0 Å². The number of halogens is 1. The summed E-state index contributed by atoms with van der Waals surface area (Å²) in [5.41, 5.74) is -0.272. The highest BCUT2D eigenvalue weighted by molar-refractivity contribution is 6.29. The Morgan fingerprint density at radius 1 is 1.59 bits per heavy atom. The highest BCUT2D eigenvalue weighted by Gasteiger charge is 2.34. The molecule has 1 aliphatic rings. The summed E-state index contributed by atoms with van der Waals surface area (Å²) >= 11 is 5.83. The van der Waals surface area contributed by atoms with Crippen molar-refractivity contribution in [2.75, 3.05) is 18.1 Å². The zero-order valence-corrected chi connectivity index (χ0v) is 10.7. The number of fused-ring (bicyclic) bond motifs is 1. The van der Waals surface area contributed by atoms with Gasteiger partial charge in [-0.1, -0.05) is 11.6 Å². The maximum Gasteiger partial charge on any atom is 0.256 e. The zero-order valence-electron chi connectivity index (χ0n) is 9.98. The Kier molecular flexibility index (Phi) is 3.14. The summed E-state index contributed by atoms with van der Waals surface area (Å²) in [5.74, 6) is 0.549. The van der Waals surface area contributed by atoms with E-state index in [-0.39, 0.29) is 22.9 Å². The van der Waals surface area contributed by atoms with Crippen LogP contribution < -0.4 is 10.5 Å². The van der Waals surface area contributed by atoms with Crippen LogP contribution in [0.1, 0.15) is 20.3 Å². The van der Waals surface area contributed by atoms with Crippen LogP contribution in [-0.4, -0.2) is 33.3 Å². The van der Waals surface area contributed by atoms with E-state index in [4.69, 9.17) is 16.7 Å². The van der Waals surface area contributed by atoms with Crippen LogP contribution in [0, 0.1) is 0 Å². The van der Waals surface area contributed by atoms with Gasteiger partial charge in [0.15, 0.2) is 0 Å². The van der Waals surface area contributed by atoms with E-state index >= 15 is 0 Å². The first-order valence-corrected chi connectivity index (χ1v) is 5.99. The van der Waals surface area contributed by atoms with Crippen LogP contribution >= 0.6 is 11.6 Å². The number of rotatable bonds is 2. The number of β-amino-alcohol motifs (C(OH)–C–C–N with tert-alkyl or cyclic N) is 1. The minimum Gasteiger partial charge on any atom is -0.395 e. The van der Waals surface area contributed by atoms with E-state index in [1.807, 2.05) is 4.90 Å². The monoisotopic (exact) mass is 257 g/mol. The highest BCUT2D eigenvalue weighted by Crippen LogP contribution is 2.30. The van der Waals surface area contributed by atoms with Gasteiger partial charge in [0.2, 0.25) is 5.95 Å². The van der Waals surface area contributed by atoms with E-state index in [1.165, 1.54) is 6.07 Å². The molecule has 17 heavy (non-hydrogen) atoms. The van der Waals surface area contributed by atoms with E-state index in [0.29, 0.717) is 19.0 Å². The van der Waals surface area contributed by atoms with Crippen molar-refractivity contribution >= 4 is 17.5 Å². The molecule has 0 saturated heterocycles. The molecule has 0 aliphatic carbocycles. The molecule has 5 nitrogen and oxygen atoms in total. The van der Waals surface area contributed by atoms with Crippen LogP contribution in [0.25, 0.3) is 0 Å². The minimum atomic E-state index is -0.140. The third-order valence-electron chi connectivity index (χ3n) is 3.20. The normalized spacial score (nSPS) is 18.0. The van der Waals surface area contributed by atoms with E-state index in [9.17, 15) is 4.79 Å². The predicted octanol–water partition coefficient (Wildman–Crippen LogP) is 0.878. The fourth-order valence-electron chi connectivity index (χ4n) is 2.18. The molecular formula is C11H16ClN3O2. The topological polar surface area (TPSA) is 58.4 Å². The SMILES string of the molecule is CC1(C)CCn2c(nc(Cl)cc2=O)N1CCO. The van der Waals surface area contributed by atoms with Crippen LogP contribution in [0.5, 0.6) is 0 Å². The smallest absolute Gasteiger partial charge is 0.256 e. The molecule has 0 spiro atoms. The van der Waals surface area contributed by atoms with Crippen LogP contribution in [0.4, 0.5) is 5.95 Å². The molecule has 0 bridgehead atoms. The number of nitrogens with zero attached hydrogens (tertiary/aromatic N) is 3. The summed E-state index contributed by atoms with van der Waals surface area (Å²) in [6.07, 6.45) is 0.837. The molecule has 2 rings (SSSR count). The molecule has 1 aliphatic heterocycles. The van der Waals surface area contributed by atoms with Gasteiger partial charge in [-0.05, 0) is 20.3 Å². The molecule has 0 aromatic carbocycles. The second-order valence-electron chi connectivity index (χ2n) is 4.81. The second kappa shape index (κ2) is 4.31. The van der Waals surface area contributed by atoms with Gasteiger partial charge >= 0.3 is 0 Å². The lowest BCUT2D eigenvalue weighted by Crippen LogP contribution is -2.52. The van der Waals surface area contributed by atoms with E-state index in [2.05, 4.69) is 18.8 Å². The Bertz CT molecular complexity index is 484. The Morgan fingerprint density at radius 2 is 2.29 bits per heavy atom. The standard InChI is InChI=1S/C11H16ClN3O2/c1-11(2)3-4-14-9(17)7-8(12)13-10(14)15(11)5-6-16/h7,16H,3-6H2,1-2H3. The van der Waals surface area contributed by atoms with Crippen molar-refractivity contribution in [1.82, 2.24) is 9.55 Å². The number of anilines is 1. The van der Waals surface area contributed by atoms with Crippen molar-refractivity contribution in [2.24, 2.45) is 0 Å². The molecule has 1 aromatic rings. The van der Waals surface area contributed by atoms with E-state index < -0.39 is 0 Å². The molecule has 1 aromatic heterocycles. The lowest BCUT2D eigenvalue weighted by Gasteiger charge is -2.43. The predicted molar refractivity (Wildman–Crippen MR) is 66.6 cm³/mol. The Hall–Kier alpha value is -1.07. The van der Waals surface area contributed by atoms with Crippen LogP contribution in [-0.2, 0) is 6.54 Å². The fraction of sp³-hybridized carbons (Fsp3) is 0.636. The Labute approximate surface area is 105 Å². The van der Waals surface area contributed by atoms with Crippen molar-refractivity contribution in [3.63, 3.8) is 0 Å². The molecule has 0 saturated carbocycles. The van der Waals surface area contributed by atoms with Gasteiger partial charge in [0.05, 0.1) is 6.61 Å². The lowest BCUT2D eigenvalue weighted by atomic mass is 9.96. The van der Waals surface area contributed by atoms with Gasteiger partial charge in [0, 0.05) is 24.7 Å². The first-order chi connectivity index (χ1) is 7.95. The third kappa shape index (κ3) is 2.17. The van der Waals surface area contributed by atoms with E-state index in [0.717, 1.165) is 6.42 Å². The summed E-state index contributed by atoms with van der Waals surface area (Å²) < 4.78 is 1.60. The van der Waals surface area contributed by atoms with Gasteiger partial charge in [-0.3, -0.25) is 9.36 Å². The highest BCUT2D eigenvalue weighted by atomic mass is 35.5. The van der Waals surface area contributed by atoms with Crippen molar-refractivity contribution in [3.05, 3.63) is 21.6 Å². The molecule has 1 N–H and O–H groups in total. The summed E-state index contributed by atoms with van der Waals surface area (Å²) in [6.45, 7) is 5.23. The Morgan fingerprint density at radius 3 is 2.94 bits per heavy atom. The molecule has 0 fully saturated rings. The van der Waals surface area contributed by atoms with Crippen LogP contribution in [0.15, 0.2) is 10.9 Å². The molecule has 2 heterocycles. The van der Waals surface area contributed by atoms with Crippen LogP contribution in [0.2, 0.25) is 5.15 Å². The van der Waals surface area contributed by atoms with Gasteiger partial charge in [0.1, 0.15) is 5.15 Å². The van der Waals surface area contributed by atoms with Gasteiger partial charge in [-0.25, -0.2) is 4.98 Å². The lowest BCUT2D eigenvalue weighted by molar-refractivity contribution is 0.269. The number of aliphatic hydroxyl groups excluding tert-OH is 1. The van der Waals surface area contributed by atoms with Gasteiger partial charge in [-0.2, -0.15) is 0 Å². The van der Waals surface area contributed by atoms with Crippen molar-refractivity contribution < 1.29 is 5.11 Å². The molecule has 94 valence electrons. The van der Waals surface area contributed by atoms with Crippen molar-refractivity contribution in [3.8, 4) is 0 Å². The van der Waals surface area contributed by atoms with Crippen LogP contribution in [0.3, 0.4) is 0 Å². The minimum absolute atomic E-state index is 0.0197. The van der Waals surface area contributed by atoms with Crippen molar-refractivity contribution in [2.45, 2.75) is 32.4 Å². The molecular weight excluding hydrogens is 242 g/mol. The largest absolute Gasteiger partial charge is 0.395 e. The number of hydrogen-bond donors (Lipinski definition) is 1. The third-order valence-corrected chi connectivity index (χ3v) is 3.39. The summed E-state index contributed by atoms with van der Waals surface area (Å²) in [7, 11) is 0. The zero-order chi connectivity index (χ0) is 12.6. The number of aromatic nitrogens is 2. The fourth-order valence-corrected chi connectivity index (χ4v) is 2.35. The molecule has 0 unspecified atom stereocenters. The van der Waals surface area contributed by atoms with Gasteiger partial charge in [0.25, 0.3) is 5.56 Å². The van der Waals surface area contributed by atoms with Crippen molar-refractivity contribution in [1.29, 1.82) is 0 Å². The summed E-state index contributed by atoms with van der Waals surface area (Å²) in [6, 6.07) is 1.32. The average molecular weight is 258 g/mol. The molecule has 0 atom stereocenters. The summed E-state index contributed by atoms with van der Waals surface area (Å²) in [5, 5.41) is 9.32. The maximum atomic E-state index is 11.8. The number of hydrogen-bond acceptors (Lipinski definition) is 4. The maximum absolute atomic E-state index is 11.8. The molecule has 0 amide bonds. The number of aliphatic hydroxyl groups is 1. The second-order valence-corrected chi connectivity index (χ2v) is 5.19. The summed E-state index contributed by atoms with van der Waals surface area (Å²) in [4.78, 5) is 17.9. The molecule has 0 radical (unpaired) electrons. The quantitative estimate of drug-likeness (QED) is 0.799. The molecule has 6 heteroatoms. The van der Waals surface area contributed by atoms with E-state index in [1.54, 1.807) is 4.57 Å². The first-order valence-electron chi connectivity index (χ1n) is 5.61. The Balaban J connectivity index is 2.56. The average Bonchev–Trinajstić information content (AvgIpc) is 2.22. The first kappa shape index (κ1) is 12.4. The van der Waals surface area contributed by atoms with Gasteiger partial charge < -0.3 is 10.0 Å².